The molecule has 0 aliphatic carbocycles. The van der Waals surface area contributed by atoms with Crippen molar-refractivity contribution < 1.29 is 14.1 Å². The van der Waals surface area contributed by atoms with Crippen molar-refractivity contribution in [3.8, 4) is 27.6 Å². The Morgan fingerprint density at radius 3 is 2.77 bits per heavy atom. The molecule has 1 aromatic carbocycles. The number of aryl methyl sites for hydroxylation is 1. The van der Waals surface area contributed by atoms with Gasteiger partial charge in [0.1, 0.15) is 18.0 Å². The molecule has 0 aliphatic rings. The fourth-order valence-electron chi connectivity index (χ4n) is 2.95. The zero-order chi connectivity index (χ0) is 21.1. The van der Waals surface area contributed by atoms with E-state index in [1.165, 1.54) is 24.5 Å². The van der Waals surface area contributed by atoms with Gasteiger partial charge in [0.2, 0.25) is 5.91 Å². The Morgan fingerprint density at radius 1 is 1.23 bits per heavy atom. The van der Waals surface area contributed by atoms with Gasteiger partial charge in [-0.3, -0.25) is 9.59 Å². The van der Waals surface area contributed by atoms with Crippen molar-refractivity contribution in [1.82, 2.24) is 14.9 Å². The van der Waals surface area contributed by atoms with Crippen LogP contribution in [0.25, 0.3) is 21.9 Å². The molecule has 4 rings (SSSR count). The highest BCUT2D eigenvalue weighted by atomic mass is 32.1. The number of thiophene rings is 1. The largest absolute Gasteiger partial charge is 0.495 e. The van der Waals surface area contributed by atoms with Crippen molar-refractivity contribution >= 4 is 22.9 Å². The number of aromatic nitrogens is 3. The molecular formula is C21H18N4O4S. The van der Waals surface area contributed by atoms with E-state index in [4.69, 9.17) is 9.26 Å². The number of para-hydroxylation sites is 2. The molecule has 0 spiro atoms. The number of nitrogens with one attached hydrogen (secondary N) is 1. The number of methoxy groups -OCH3 is 1. The number of hydrogen-bond acceptors (Lipinski definition) is 7. The highest BCUT2D eigenvalue weighted by Gasteiger charge is 2.18. The number of carbonyl (C=O) groups is 1. The van der Waals surface area contributed by atoms with E-state index < -0.39 is 11.5 Å². The summed E-state index contributed by atoms with van der Waals surface area (Å²) in [4.78, 5) is 26.1. The maximum absolute atomic E-state index is 12.7. The number of amides is 1. The average Bonchev–Trinajstić information content (AvgIpc) is 3.41. The Bertz CT molecular complexity index is 1240. The standard InChI is InChI=1S/C21H18N4O4S/c1-13-10-17(29-24-13)14-11-20(27)25(23-21(14)18-8-5-9-30-18)12-19(26)22-15-6-3-4-7-16(15)28-2/h3-11H,12H2,1-2H3,(H,22,26). The lowest BCUT2D eigenvalue weighted by molar-refractivity contribution is -0.117. The Kier molecular flexibility index (Phi) is 5.44. The van der Waals surface area contributed by atoms with Gasteiger partial charge in [-0.25, -0.2) is 4.68 Å². The highest BCUT2D eigenvalue weighted by molar-refractivity contribution is 7.13. The SMILES string of the molecule is COc1ccccc1NC(=O)Cn1nc(-c2cccs2)c(-c2cc(C)no2)cc1=O. The topological polar surface area (TPSA) is 99.2 Å². The van der Waals surface area contributed by atoms with Crippen LogP contribution in [0.4, 0.5) is 5.69 Å². The summed E-state index contributed by atoms with van der Waals surface area (Å²) >= 11 is 1.48. The Hall–Kier alpha value is -3.72. The van der Waals surface area contributed by atoms with Crippen LogP contribution < -0.4 is 15.6 Å². The molecule has 0 bridgehead atoms. The molecule has 9 heteroatoms. The maximum Gasteiger partial charge on any atom is 0.268 e. The van der Waals surface area contributed by atoms with Gasteiger partial charge in [0.15, 0.2) is 5.76 Å². The van der Waals surface area contributed by atoms with E-state index >= 15 is 0 Å². The minimum atomic E-state index is -0.422. The van der Waals surface area contributed by atoms with E-state index in [9.17, 15) is 9.59 Å². The van der Waals surface area contributed by atoms with Crippen molar-refractivity contribution in [2.75, 3.05) is 12.4 Å². The summed E-state index contributed by atoms with van der Waals surface area (Å²) in [5, 5.41) is 13.0. The third kappa shape index (κ3) is 4.01. The third-order valence-corrected chi connectivity index (χ3v) is 5.20. The zero-order valence-electron chi connectivity index (χ0n) is 16.3. The monoisotopic (exact) mass is 422 g/mol. The van der Waals surface area contributed by atoms with E-state index in [-0.39, 0.29) is 6.54 Å². The molecule has 1 amide bonds. The van der Waals surface area contributed by atoms with Crippen LogP contribution in [0.3, 0.4) is 0 Å². The number of hydrogen-bond donors (Lipinski definition) is 1. The van der Waals surface area contributed by atoms with Crippen LogP contribution in [-0.4, -0.2) is 28.0 Å². The van der Waals surface area contributed by atoms with Crippen LogP contribution in [0.1, 0.15) is 5.69 Å². The number of nitrogens with zero attached hydrogens (tertiary/aromatic N) is 3. The number of benzene rings is 1. The summed E-state index contributed by atoms with van der Waals surface area (Å²) in [7, 11) is 1.52. The van der Waals surface area contributed by atoms with Gasteiger partial charge in [0, 0.05) is 12.1 Å². The fraction of sp³-hybridized carbons (Fsp3) is 0.143. The highest BCUT2D eigenvalue weighted by Crippen LogP contribution is 2.32. The number of ether oxygens (including phenoxy) is 1. The second kappa shape index (κ2) is 8.34. The molecule has 8 nitrogen and oxygen atoms in total. The Morgan fingerprint density at radius 2 is 2.07 bits per heavy atom. The van der Waals surface area contributed by atoms with Crippen molar-refractivity contribution in [3.63, 3.8) is 0 Å². The summed E-state index contributed by atoms with van der Waals surface area (Å²) in [6.07, 6.45) is 0. The van der Waals surface area contributed by atoms with Gasteiger partial charge in [0.05, 0.1) is 28.9 Å². The van der Waals surface area contributed by atoms with Gasteiger partial charge in [0.25, 0.3) is 5.56 Å². The first-order valence-corrected chi connectivity index (χ1v) is 9.95. The van der Waals surface area contributed by atoms with E-state index in [1.807, 2.05) is 17.5 Å². The molecule has 0 unspecified atom stereocenters. The minimum Gasteiger partial charge on any atom is -0.495 e. The van der Waals surface area contributed by atoms with E-state index in [0.717, 1.165) is 9.56 Å². The zero-order valence-corrected chi connectivity index (χ0v) is 17.1. The van der Waals surface area contributed by atoms with Gasteiger partial charge in [-0.2, -0.15) is 5.10 Å². The molecule has 0 atom stereocenters. The molecule has 0 aliphatic heterocycles. The van der Waals surface area contributed by atoms with Crippen LogP contribution in [-0.2, 0) is 11.3 Å². The second-order valence-corrected chi connectivity index (χ2v) is 7.41. The predicted molar refractivity (Wildman–Crippen MR) is 114 cm³/mol. The molecule has 3 aromatic heterocycles. The first-order chi connectivity index (χ1) is 14.5. The molecule has 0 fully saturated rings. The molecule has 3 heterocycles. The number of carbonyl (C=O) groups excluding carboxylic acids is 1. The molecule has 0 saturated heterocycles. The minimum absolute atomic E-state index is 0.245. The van der Waals surface area contributed by atoms with Gasteiger partial charge in [-0.15, -0.1) is 11.3 Å². The van der Waals surface area contributed by atoms with Crippen LogP contribution >= 0.6 is 11.3 Å². The van der Waals surface area contributed by atoms with Crippen LogP contribution in [0.5, 0.6) is 5.75 Å². The quantitative estimate of drug-likeness (QED) is 0.510. The first-order valence-electron chi connectivity index (χ1n) is 9.08. The van der Waals surface area contributed by atoms with Crippen molar-refractivity contribution in [1.29, 1.82) is 0 Å². The lowest BCUT2D eigenvalue weighted by Gasteiger charge is -2.12. The molecule has 4 aromatic rings. The predicted octanol–water partition coefficient (Wildman–Crippen LogP) is 3.58. The Balaban J connectivity index is 1.68. The maximum atomic E-state index is 12.7. The summed E-state index contributed by atoms with van der Waals surface area (Å²) in [6.45, 7) is 1.56. The van der Waals surface area contributed by atoms with Gasteiger partial charge < -0.3 is 14.6 Å². The normalized spacial score (nSPS) is 10.7. The van der Waals surface area contributed by atoms with E-state index in [1.54, 1.807) is 37.3 Å². The van der Waals surface area contributed by atoms with E-state index in [2.05, 4.69) is 15.6 Å². The molecule has 152 valence electrons. The van der Waals surface area contributed by atoms with E-state index in [0.29, 0.717) is 34.1 Å². The summed E-state index contributed by atoms with van der Waals surface area (Å²) in [6, 6.07) is 14.0. The number of anilines is 1. The molecule has 0 radical (unpaired) electrons. The second-order valence-electron chi connectivity index (χ2n) is 6.46. The Labute approximate surface area is 175 Å². The molecular weight excluding hydrogens is 404 g/mol. The summed E-state index contributed by atoms with van der Waals surface area (Å²) < 4.78 is 11.7. The van der Waals surface area contributed by atoms with Gasteiger partial charge in [-0.05, 0) is 30.5 Å². The number of rotatable bonds is 6. The molecule has 0 saturated carbocycles. The van der Waals surface area contributed by atoms with Crippen LogP contribution in [0.15, 0.2) is 63.2 Å². The summed E-state index contributed by atoms with van der Waals surface area (Å²) in [5.41, 5.74) is 1.87. The summed E-state index contributed by atoms with van der Waals surface area (Å²) in [5.74, 6) is 0.585. The van der Waals surface area contributed by atoms with Crippen LogP contribution in [0.2, 0.25) is 0 Å². The van der Waals surface area contributed by atoms with Crippen molar-refractivity contribution in [2.24, 2.45) is 0 Å². The fourth-order valence-corrected chi connectivity index (χ4v) is 3.67. The smallest absolute Gasteiger partial charge is 0.268 e. The lowest BCUT2D eigenvalue weighted by Crippen LogP contribution is -2.29. The third-order valence-electron chi connectivity index (χ3n) is 4.32. The van der Waals surface area contributed by atoms with Gasteiger partial charge in [-0.1, -0.05) is 23.4 Å². The average molecular weight is 422 g/mol. The van der Waals surface area contributed by atoms with Crippen molar-refractivity contribution in [2.45, 2.75) is 13.5 Å². The van der Waals surface area contributed by atoms with Crippen LogP contribution in [0, 0.1) is 6.92 Å². The molecule has 30 heavy (non-hydrogen) atoms. The first kappa shape index (κ1) is 19.6. The molecule has 1 N–H and O–H groups in total. The lowest BCUT2D eigenvalue weighted by atomic mass is 10.1. The van der Waals surface area contributed by atoms with Crippen molar-refractivity contribution in [3.05, 3.63) is 70.0 Å². The van der Waals surface area contributed by atoms with Gasteiger partial charge >= 0.3 is 0 Å².